The Morgan fingerprint density at radius 3 is 2.54 bits per heavy atom. The van der Waals surface area contributed by atoms with E-state index in [1.54, 1.807) is 37.4 Å². The minimum Gasteiger partial charge on any atom is -0.380 e. The summed E-state index contributed by atoms with van der Waals surface area (Å²) in [6.07, 6.45) is 6.16. The van der Waals surface area contributed by atoms with Crippen molar-refractivity contribution in [1.82, 2.24) is 4.98 Å². The minimum absolute atomic E-state index is 0.238. The molecule has 24 heavy (non-hydrogen) atoms. The number of rotatable bonds is 3. The van der Waals surface area contributed by atoms with E-state index in [0.717, 1.165) is 11.1 Å². The number of benzene rings is 2. The van der Waals surface area contributed by atoms with E-state index < -0.39 is 17.7 Å². The quantitative estimate of drug-likeness (QED) is 0.738. The number of pyridine rings is 1. The number of halogens is 2. The summed E-state index contributed by atoms with van der Waals surface area (Å²) in [4.78, 5) is 4.25. The van der Waals surface area contributed by atoms with Gasteiger partial charge in [0.1, 0.15) is 6.10 Å². The number of aromatic nitrogens is 1. The summed E-state index contributed by atoms with van der Waals surface area (Å²) in [5.41, 5.74) is 2.46. The van der Waals surface area contributed by atoms with E-state index in [9.17, 15) is 13.9 Å². The van der Waals surface area contributed by atoms with Gasteiger partial charge in [-0.1, -0.05) is 24.1 Å². The number of hydrogen-bond acceptors (Lipinski definition) is 2. The highest BCUT2D eigenvalue weighted by Crippen LogP contribution is 2.28. The normalized spacial score (nSPS) is 12.1. The van der Waals surface area contributed by atoms with Gasteiger partial charge >= 0.3 is 0 Å². The fraction of sp³-hybridized carbons (Fsp3) is 0.150. The van der Waals surface area contributed by atoms with Crippen LogP contribution in [0.3, 0.4) is 0 Å². The molecular weight excluding hydrogens is 308 g/mol. The summed E-state index contributed by atoms with van der Waals surface area (Å²) in [6.45, 7) is 1.54. The Morgan fingerprint density at radius 1 is 1.12 bits per heavy atom. The molecule has 0 spiro atoms. The Labute approximate surface area is 138 Å². The molecule has 1 aromatic heterocycles. The molecule has 4 heteroatoms. The average Bonchev–Trinajstić information content (AvgIpc) is 2.60. The van der Waals surface area contributed by atoms with Crippen molar-refractivity contribution in [3.63, 3.8) is 0 Å². The smallest absolute Gasteiger partial charge is 0.166 e. The van der Waals surface area contributed by atoms with Crippen molar-refractivity contribution < 1.29 is 13.9 Å². The third-order valence-corrected chi connectivity index (χ3v) is 3.95. The highest BCUT2D eigenvalue weighted by atomic mass is 19.2. The van der Waals surface area contributed by atoms with E-state index in [4.69, 9.17) is 6.42 Å². The Kier molecular flexibility index (Phi) is 4.28. The molecule has 0 radical (unpaired) electrons. The fourth-order valence-corrected chi connectivity index (χ4v) is 2.61. The van der Waals surface area contributed by atoms with Crippen LogP contribution in [0, 0.1) is 30.9 Å². The van der Waals surface area contributed by atoms with Crippen molar-refractivity contribution in [2.45, 2.75) is 19.4 Å². The van der Waals surface area contributed by atoms with Crippen molar-refractivity contribution in [2.75, 3.05) is 0 Å². The van der Waals surface area contributed by atoms with Crippen LogP contribution >= 0.6 is 0 Å². The molecule has 0 amide bonds. The molecule has 2 aromatic carbocycles. The summed E-state index contributed by atoms with van der Waals surface area (Å²) in [5.74, 6) is 0.572. The third kappa shape index (κ3) is 2.99. The zero-order valence-corrected chi connectivity index (χ0v) is 13.1. The first-order valence-electron chi connectivity index (χ1n) is 7.47. The minimum atomic E-state index is -0.871. The first-order valence-corrected chi connectivity index (χ1v) is 7.47. The molecule has 120 valence electrons. The number of hydrogen-bond donors (Lipinski definition) is 1. The maximum Gasteiger partial charge on any atom is 0.166 e. The summed E-state index contributed by atoms with van der Waals surface area (Å²) in [7, 11) is 0. The van der Waals surface area contributed by atoms with E-state index in [1.165, 1.54) is 0 Å². The first-order chi connectivity index (χ1) is 11.5. The van der Waals surface area contributed by atoms with Gasteiger partial charge in [0.05, 0.1) is 0 Å². The maximum atomic E-state index is 14.2. The average molecular weight is 323 g/mol. The fourth-order valence-electron chi connectivity index (χ4n) is 2.61. The second-order valence-corrected chi connectivity index (χ2v) is 5.68. The highest BCUT2D eigenvalue weighted by Gasteiger charge is 2.12. The second-order valence-electron chi connectivity index (χ2n) is 5.68. The molecular formula is C20H15F2NO. The molecule has 0 aliphatic rings. The van der Waals surface area contributed by atoms with Crippen LogP contribution < -0.4 is 0 Å². The molecule has 3 rings (SSSR count). The van der Waals surface area contributed by atoms with Crippen molar-refractivity contribution in [3.05, 3.63) is 65.5 Å². The molecule has 0 saturated heterocycles. The van der Waals surface area contributed by atoms with E-state index in [0.29, 0.717) is 11.1 Å². The number of aryl methyl sites for hydroxylation is 1. The van der Waals surface area contributed by atoms with Gasteiger partial charge in [0.2, 0.25) is 0 Å². The van der Waals surface area contributed by atoms with Crippen LogP contribution in [-0.2, 0) is 6.42 Å². The molecule has 0 fully saturated rings. The lowest BCUT2D eigenvalue weighted by atomic mass is 10.00. The van der Waals surface area contributed by atoms with E-state index in [1.807, 2.05) is 12.1 Å². The van der Waals surface area contributed by atoms with E-state index in [-0.39, 0.29) is 17.4 Å². The van der Waals surface area contributed by atoms with Gasteiger partial charge in [-0.2, -0.15) is 0 Å². The van der Waals surface area contributed by atoms with Gasteiger partial charge in [-0.25, -0.2) is 8.78 Å². The Hall–Kier alpha value is -2.77. The summed E-state index contributed by atoms with van der Waals surface area (Å²) >= 11 is 0. The third-order valence-electron chi connectivity index (χ3n) is 3.95. The molecule has 0 saturated carbocycles. The predicted molar refractivity (Wildman–Crippen MR) is 90.4 cm³/mol. The molecule has 1 N–H and O–H groups in total. The van der Waals surface area contributed by atoms with Crippen molar-refractivity contribution in [3.8, 4) is 23.5 Å². The van der Waals surface area contributed by atoms with Gasteiger partial charge in [0.15, 0.2) is 11.6 Å². The van der Waals surface area contributed by atoms with Gasteiger partial charge in [-0.05, 0) is 41.6 Å². The lowest BCUT2D eigenvalue weighted by molar-refractivity contribution is 0.232. The molecule has 1 heterocycles. The van der Waals surface area contributed by atoms with Crippen molar-refractivity contribution in [1.29, 1.82) is 0 Å². The molecule has 0 bridgehead atoms. The van der Waals surface area contributed by atoms with Gasteiger partial charge in [-0.3, -0.25) is 4.98 Å². The van der Waals surface area contributed by atoms with Crippen LogP contribution in [0.15, 0.2) is 42.6 Å². The molecule has 2 nitrogen and oxygen atoms in total. The lowest BCUT2D eigenvalue weighted by Gasteiger charge is -2.08. The summed E-state index contributed by atoms with van der Waals surface area (Å²) in [5, 5.41) is 10.3. The van der Waals surface area contributed by atoms with Crippen LogP contribution in [0.4, 0.5) is 8.78 Å². The number of terminal acetylenes is 1. The zero-order chi connectivity index (χ0) is 17.3. The first kappa shape index (κ1) is 16.1. The van der Waals surface area contributed by atoms with Gasteiger partial charge < -0.3 is 5.11 Å². The van der Waals surface area contributed by atoms with Crippen LogP contribution in [0.1, 0.15) is 11.3 Å². The van der Waals surface area contributed by atoms with Gasteiger partial charge in [-0.15, -0.1) is 6.42 Å². The Balaban J connectivity index is 1.99. The van der Waals surface area contributed by atoms with Crippen LogP contribution in [0.5, 0.6) is 0 Å². The van der Waals surface area contributed by atoms with E-state index in [2.05, 4.69) is 10.9 Å². The molecule has 0 aliphatic carbocycles. The number of nitrogens with zero attached hydrogens (tertiary/aromatic N) is 1. The standard InChI is InChI=1S/C20H15F2NO/c1-3-17(24)10-16-7-6-15(11-23-16)13-4-5-14-8-12(2)19(21)20(22)18(14)9-13/h1,4-9,11,17,24H,10H2,2H3. The second kappa shape index (κ2) is 6.38. The highest BCUT2D eigenvalue weighted by molar-refractivity contribution is 5.88. The molecule has 1 atom stereocenters. The lowest BCUT2D eigenvalue weighted by Crippen LogP contribution is -2.07. The topological polar surface area (TPSA) is 33.1 Å². The maximum absolute atomic E-state index is 14.2. The number of aliphatic hydroxyl groups excluding tert-OH is 1. The monoisotopic (exact) mass is 323 g/mol. The van der Waals surface area contributed by atoms with Gasteiger partial charge in [0.25, 0.3) is 0 Å². The largest absolute Gasteiger partial charge is 0.380 e. The molecule has 3 aromatic rings. The van der Waals surface area contributed by atoms with Crippen molar-refractivity contribution >= 4 is 10.8 Å². The predicted octanol–water partition coefficient (Wildman–Crippen LogP) is 4.03. The summed E-state index contributed by atoms with van der Waals surface area (Å²) < 4.78 is 27.9. The van der Waals surface area contributed by atoms with Crippen LogP contribution in [-0.4, -0.2) is 16.2 Å². The number of aliphatic hydroxyl groups is 1. The van der Waals surface area contributed by atoms with Crippen LogP contribution in [0.2, 0.25) is 0 Å². The Bertz CT molecular complexity index is 942. The molecule has 1 unspecified atom stereocenters. The van der Waals surface area contributed by atoms with Crippen molar-refractivity contribution in [2.24, 2.45) is 0 Å². The van der Waals surface area contributed by atoms with E-state index >= 15 is 0 Å². The SMILES string of the molecule is C#CC(O)Cc1ccc(-c2ccc3cc(C)c(F)c(F)c3c2)cn1. The number of fused-ring (bicyclic) bond motifs is 1. The molecule has 0 aliphatic heterocycles. The van der Waals surface area contributed by atoms with Gasteiger partial charge in [0, 0.05) is 29.3 Å². The Morgan fingerprint density at radius 2 is 1.88 bits per heavy atom. The summed E-state index contributed by atoms with van der Waals surface area (Å²) in [6, 6.07) is 10.4. The zero-order valence-electron chi connectivity index (χ0n) is 13.1. The van der Waals surface area contributed by atoms with Crippen LogP contribution in [0.25, 0.3) is 21.9 Å².